The Balaban J connectivity index is 2.70. The molecule has 1 aromatic carbocycles. The summed E-state index contributed by atoms with van der Waals surface area (Å²) in [6, 6.07) is 7.65. The highest BCUT2D eigenvalue weighted by atomic mass is 16.4. The summed E-state index contributed by atoms with van der Waals surface area (Å²) in [5, 5.41) is 11.8. The highest BCUT2D eigenvalue weighted by Crippen LogP contribution is 2.14. The molecular weight excluding hydrogens is 244 g/mol. The van der Waals surface area contributed by atoms with Crippen molar-refractivity contribution < 1.29 is 14.7 Å². The van der Waals surface area contributed by atoms with Crippen molar-refractivity contribution in [2.75, 3.05) is 6.54 Å². The van der Waals surface area contributed by atoms with Gasteiger partial charge in [-0.3, -0.25) is 4.79 Å². The van der Waals surface area contributed by atoms with Crippen LogP contribution < -0.4 is 11.1 Å². The highest BCUT2D eigenvalue weighted by Gasteiger charge is 2.24. The number of nitrogens with two attached hydrogens (primary N) is 1. The first-order valence-corrected chi connectivity index (χ1v) is 6.34. The Labute approximate surface area is 112 Å². The van der Waals surface area contributed by atoms with Gasteiger partial charge in [0.15, 0.2) is 6.04 Å². The van der Waals surface area contributed by atoms with Crippen molar-refractivity contribution in [1.82, 2.24) is 5.32 Å². The van der Waals surface area contributed by atoms with Crippen LogP contribution in [0, 0.1) is 5.92 Å². The summed E-state index contributed by atoms with van der Waals surface area (Å²) in [4.78, 5) is 23.2. The van der Waals surface area contributed by atoms with Crippen LogP contribution in [0.5, 0.6) is 0 Å². The maximum atomic E-state index is 11.9. The van der Waals surface area contributed by atoms with Gasteiger partial charge in [0.05, 0.1) is 0 Å². The van der Waals surface area contributed by atoms with Gasteiger partial charge in [0, 0.05) is 5.92 Å². The lowest BCUT2D eigenvalue weighted by Crippen LogP contribution is -2.37. The van der Waals surface area contributed by atoms with Crippen molar-refractivity contribution in [1.29, 1.82) is 0 Å². The minimum Gasteiger partial charge on any atom is -0.479 e. The molecule has 104 valence electrons. The fourth-order valence-corrected chi connectivity index (χ4v) is 1.77. The number of hydrogen-bond donors (Lipinski definition) is 3. The van der Waals surface area contributed by atoms with Gasteiger partial charge in [-0.2, -0.15) is 0 Å². The van der Waals surface area contributed by atoms with Crippen LogP contribution in [0.1, 0.15) is 31.4 Å². The molecule has 4 N–H and O–H groups in total. The monoisotopic (exact) mass is 264 g/mol. The van der Waals surface area contributed by atoms with Gasteiger partial charge in [-0.15, -0.1) is 0 Å². The minimum atomic E-state index is -1.06. The Morgan fingerprint density at radius 2 is 1.95 bits per heavy atom. The number of carboxylic acids is 1. The molecule has 0 radical (unpaired) electrons. The Hall–Kier alpha value is -1.88. The van der Waals surface area contributed by atoms with Crippen molar-refractivity contribution in [2.24, 2.45) is 11.7 Å². The number of nitrogens with one attached hydrogen (secondary N) is 1. The highest BCUT2D eigenvalue weighted by molar-refractivity contribution is 5.85. The second kappa shape index (κ2) is 7.53. The lowest BCUT2D eigenvalue weighted by molar-refractivity contribution is -0.142. The van der Waals surface area contributed by atoms with Crippen LogP contribution in [0.2, 0.25) is 0 Å². The number of rotatable bonds is 7. The molecule has 0 aromatic heterocycles. The van der Waals surface area contributed by atoms with Crippen LogP contribution >= 0.6 is 0 Å². The average Bonchev–Trinajstić information content (AvgIpc) is 2.42. The van der Waals surface area contributed by atoms with E-state index in [0.29, 0.717) is 18.5 Å². The zero-order valence-corrected chi connectivity index (χ0v) is 11.0. The largest absolute Gasteiger partial charge is 0.479 e. The van der Waals surface area contributed by atoms with Crippen molar-refractivity contribution in [2.45, 2.75) is 25.8 Å². The molecule has 0 spiro atoms. The van der Waals surface area contributed by atoms with Crippen molar-refractivity contribution >= 4 is 11.9 Å². The Kier molecular flexibility index (Phi) is 6.02. The molecule has 2 unspecified atom stereocenters. The summed E-state index contributed by atoms with van der Waals surface area (Å²) in [5.41, 5.74) is 5.96. The van der Waals surface area contributed by atoms with Crippen LogP contribution in [0.25, 0.3) is 0 Å². The molecule has 0 aliphatic heterocycles. The predicted octanol–water partition coefficient (Wildman–Crippen LogP) is 1.30. The topological polar surface area (TPSA) is 92.4 Å². The summed E-state index contributed by atoms with van der Waals surface area (Å²) >= 11 is 0. The lowest BCUT2D eigenvalue weighted by atomic mass is 10.0. The van der Waals surface area contributed by atoms with Gasteiger partial charge in [-0.05, 0) is 24.9 Å². The number of aliphatic carboxylic acids is 1. The SMILES string of the molecule is CC(CCCN)C(=O)NC(C(=O)O)c1ccccc1. The van der Waals surface area contributed by atoms with E-state index in [-0.39, 0.29) is 11.8 Å². The second-order valence-corrected chi connectivity index (χ2v) is 4.52. The normalized spacial score (nSPS) is 13.6. The number of carbonyl (C=O) groups is 2. The minimum absolute atomic E-state index is 0.242. The molecule has 0 heterocycles. The molecule has 0 saturated heterocycles. The summed E-state index contributed by atoms with van der Waals surface area (Å²) in [5.74, 6) is -1.57. The van der Waals surface area contributed by atoms with Gasteiger partial charge in [0.25, 0.3) is 0 Å². The molecule has 5 heteroatoms. The fraction of sp³-hybridized carbons (Fsp3) is 0.429. The van der Waals surface area contributed by atoms with Crippen LogP contribution in [-0.4, -0.2) is 23.5 Å². The van der Waals surface area contributed by atoms with Gasteiger partial charge in [-0.25, -0.2) is 4.79 Å². The van der Waals surface area contributed by atoms with Crippen LogP contribution in [0.3, 0.4) is 0 Å². The second-order valence-electron chi connectivity index (χ2n) is 4.52. The average molecular weight is 264 g/mol. The number of carbonyl (C=O) groups excluding carboxylic acids is 1. The van der Waals surface area contributed by atoms with Crippen molar-refractivity contribution in [3.63, 3.8) is 0 Å². The van der Waals surface area contributed by atoms with E-state index in [9.17, 15) is 14.7 Å². The van der Waals surface area contributed by atoms with Gasteiger partial charge in [0.2, 0.25) is 5.91 Å². The van der Waals surface area contributed by atoms with Crippen LogP contribution in [-0.2, 0) is 9.59 Å². The smallest absolute Gasteiger partial charge is 0.330 e. The zero-order chi connectivity index (χ0) is 14.3. The molecule has 2 atom stereocenters. The van der Waals surface area contributed by atoms with Gasteiger partial charge in [0.1, 0.15) is 0 Å². The van der Waals surface area contributed by atoms with E-state index in [1.807, 2.05) is 0 Å². The summed E-state index contributed by atoms with van der Waals surface area (Å²) in [6.07, 6.45) is 1.40. The summed E-state index contributed by atoms with van der Waals surface area (Å²) < 4.78 is 0. The first-order chi connectivity index (χ1) is 9.06. The Bertz CT molecular complexity index is 420. The number of hydrogen-bond acceptors (Lipinski definition) is 3. The maximum Gasteiger partial charge on any atom is 0.330 e. The molecular formula is C14H20N2O3. The molecule has 1 amide bonds. The molecule has 0 fully saturated rings. The van der Waals surface area contributed by atoms with Gasteiger partial charge < -0.3 is 16.2 Å². The fourth-order valence-electron chi connectivity index (χ4n) is 1.77. The van der Waals surface area contributed by atoms with Crippen molar-refractivity contribution in [3.05, 3.63) is 35.9 Å². The van der Waals surface area contributed by atoms with Crippen LogP contribution in [0.15, 0.2) is 30.3 Å². The molecule has 0 saturated carbocycles. The van der Waals surface area contributed by atoms with E-state index < -0.39 is 12.0 Å². The third-order valence-electron chi connectivity index (χ3n) is 2.96. The molecule has 1 rings (SSSR count). The molecule has 0 aliphatic rings. The van der Waals surface area contributed by atoms with Gasteiger partial charge in [-0.1, -0.05) is 37.3 Å². The number of benzene rings is 1. The van der Waals surface area contributed by atoms with E-state index in [4.69, 9.17) is 5.73 Å². The Morgan fingerprint density at radius 3 is 2.47 bits per heavy atom. The lowest BCUT2D eigenvalue weighted by Gasteiger charge is -2.18. The summed E-state index contributed by atoms with van der Waals surface area (Å²) in [7, 11) is 0. The predicted molar refractivity (Wildman–Crippen MR) is 72.4 cm³/mol. The number of carboxylic acid groups (broad SMARTS) is 1. The standard InChI is InChI=1S/C14H20N2O3/c1-10(6-5-9-15)13(17)16-12(14(18)19)11-7-3-2-4-8-11/h2-4,7-8,10,12H,5-6,9,15H2,1H3,(H,16,17)(H,18,19). The van der Waals surface area contributed by atoms with Crippen molar-refractivity contribution in [3.8, 4) is 0 Å². The van der Waals surface area contributed by atoms with E-state index in [1.54, 1.807) is 37.3 Å². The van der Waals surface area contributed by atoms with E-state index in [1.165, 1.54) is 0 Å². The number of amides is 1. The Morgan fingerprint density at radius 1 is 1.32 bits per heavy atom. The van der Waals surface area contributed by atoms with E-state index >= 15 is 0 Å². The third-order valence-corrected chi connectivity index (χ3v) is 2.96. The van der Waals surface area contributed by atoms with Gasteiger partial charge >= 0.3 is 5.97 Å². The molecule has 1 aromatic rings. The molecule has 19 heavy (non-hydrogen) atoms. The van der Waals surface area contributed by atoms with E-state index in [2.05, 4.69) is 5.32 Å². The summed E-state index contributed by atoms with van der Waals surface area (Å²) in [6.45, 7) is 2.30. The quantitative estimate of drug-likeness (QED) is 0.692. The molecule has 5 nitrogen and oxygen atoms in total. The third kappa shape index (κ3) is 4.71. The molecule has 0 bridgehead atoms. The first kappa shape index (κ1) is 15.2. The zero-order valence-electron chi connectivity index (χ0n) is 11.0. The van der Waals surface area contributed by atoms with E-state index in [0.717, 1.165) is 6.42 Å². The maximum absolute atomic E-state index is 11.9. The van der Waals surface area contributed by atoms with Crippen LogP contribution in [0.4, 0.5) is 0 Å². The first-order valence-electron chi connectivity index (χ1n) is 6.34. The molecule has 0 aliphatic carbocycles.